The van der Waals surface area contributed by atoms with Crippen LogP contribution in [0.25, 0.3) is 0 Å². The number of hydrogen-bond acceptors (Lipinski definition) is 3. The largest absolute Gasteiger partial charge is 0.443 e. The molecular formula is C14H25IN4O. The van der Waals surface area contributed by atoms with Gasteiger partial charge >= 0.3 is 0 Å². The van der Waals surface area contributed by atoms with E-state index in [4.69, 9.17) is 4.42 Å². The maximum atomic E-state index is 5.76. The van der Waals surface area contributed by atoms with Gasteiger partial charge in [-0.25, -0.2) is 4.98 Å². The molecule has 0 amide bonds. The number of oxazole rings is 1. The van der Waals surface area contributed by atoms with Gasteiger partial charge < -0.3 is 14.6 Å². The monoisotopic (exact) mass is 392 g/mol. The third-order valence-corrected chi connectivity index (χ3v) is 3.31. The first kappa shape index (κ1) is 17.3. The van der Waals surface area contributed by atoms with Crippen molar-refractivity contribution < 1.29 is 4.42 Å². The van der Waals surface area contributed by atoms with Crippen LogP contribution in [-0.2, 0) is 12.0 Å². The van der Waals surface area contributed by atoms with Crippen LogP contribution in [0.15, 0.2) is 15.6 Å². The Morgan fingerprint density at radius 1 is 1.40 bits per heavy atom. The fraction of sp³-hybridized carbons (Fsp3) is 0.714. The Hall–Kier alpha value is -0.790. The molecule has 0 saturated carbocycles. The Bertz CT molecular complexity index is 444. The number of nitrogens with one attached hydrogen (secondary N) is 1. The van der Waals surface area contributed by atoms with Crippen LogP contribution in [-0.4, -0.2) is 36.0 Å². The second-order valence-electron chi connectivity index (χ2n) is 5.96. The van der Waals surface area contributed by atoms with Gasteiger partial charge in [-0.3, -0.25) is 4.99 Å². The van der Waals surface area contributed by atoms with Crippen molar-refractivity contribution in [2.75, 3.05) is 20.1 Å². The minimum atomic E-state index is 0. The minimum absolute atomic E-state index is 0. The number of halogens is 1. The van der Waals surface area contributed by atoms with E-state index in [1.165, 1.54) is 12.8 Å². The van der Waals surface area contributed by atoms with E-state index in [9.17, 15) is 0 Å². The van der Waals surface area contributed by atoms with Crippen molar-refractivity contribution in [3.05, 3.63) is 17.8 Å². The Balaban J connectivity index is 0.00000200. The van der Waals surface area contributed by atoms with Gasteiger partial charge in [-0.15, -0.1) is 24.0 Å². The Morgan fingerprint density at radius 2 is 2.05 bits per heavy atom. The average Bonchev–Trinajstić information content (AvgIpc) is 2.99. The van der Waals surface area contributed by atoms with Crippen LogP contribution in [0.5, 0.6) is 0 Å². The quantitative estimate of drug-likeness (QED) is 0.478. The van der Waals surface area contributed by atoms with Crippen molar-refractivity contribution >= 4 is 29.9 Å². The molecule has 20 heavy (non-hydrogen) atoms. The maximum Gasteiger partial charge on any atom is 0.213 e. The second kappa shape index (κ2) is 7.28. The van der Waals surface area contributed by atoms with Gasteiger partial charge in [0.15, 0.2) is 5.96 Å². The van der Waals surface area contributed by atoms with E-state index in [1.807, 2.05) is 13.2 Å². The number of aromatic nitrogens is 1. The number of nitrogens with zero attached hydrogens (tertiary/aromatic N) is 3. The summed E-state index contributed by atoms with van der Waals surface area (Å²) >= 11 is 0. The molecule has 5 nitrogen and oxygen atoms in total. The van der Waals surface area contributed by atoms with Crippen molar-refractivity contribution in [3.63, 3.8) is 0 Å². The molecule has 0 spiro atoms. The molecule has 1 N–H and O–H groups in total. The topological polar surface area (TPSA) is 53.7 Å². The lowest BCUT2D eigenvalue weighted by atomic mass is 9.94. The third-order valence-electron chi connectivity index (χ3n) is 3.31. The summed E-state index contributed by atoms with van der Waals surface area (Å²) in [5, 5.41) is 3.31. The highest BCUT2D eigenvalue weighted by molar-refractivity contribution is 14.0. The molecule has 1 fully saturated rings. The number of likely N-dealkylation sites (tertiary alicyclic amines) is 1. The van der Waals surface area contributed by atoms with Gasteiger partial charge in [0.25, 0.3) is 0 Å². The van der Waals surface area contributed by atoms with Crippen molar-refractivity contribution in [2.45, 2.75) is 45.6 Å². The van der Waals surface area contributed by atoms with E-state index in [1.54, 1.807) is 0 Å². The van der Waals surface area contributed by atoms with Crippen LogP contribution in [0.4, 0.5) is 0 Å². The van der Waals surface area contributed by atoms with Crippen LogP contribution < -0.4 is 5.32 Å². The molecule has 0 atom stereocenters. The van der Waals surface area contributed by atoms with Gasteiger partial charge in [0, 0.05) is 25.6 Å². The molecule has 1 aliphatic rings. The zero-order valence-electron chi connectivity index (χ0n) is 12.8. The van der Waals surface area contributed by atoms with Crippen LogP contribution in [0.2, 0.25) is 0 Å². The number of guanidine groups is 1. The second-order valence-corrected chi connectivity index (χ2v) is 5.96. The van der Waals surface area contributed by atoms with Crippen LogP contribution in [0.1, 0.15) is 45.3 Å². The molecular weight excluding hydrogens is 367 g/mol. The smallest absolute Gasteiger partial charge is 0.213 e. The summed E-state index contributed by atoms with van der Waals surface area (Å²) in [6.07, 6.45) is 4.30. The molecule has 1 aromatic heterocycles. The first-order chi connectivity index (χ1) is 9.00. The third kappa shape index (κ3) is 4.36. The Morgan fingerprint density at radius 3 is 2.55 bits per heavy atom. The van der Waals surface area contributed by atoms with Gasteiger partial charge in [0.05, 0.1) is 12.7 Å². The van der Waals surface area contributed by atoms with Gasteiger partial charge in [-0.1, -0.05) is 20.8 Å². The maximum absolute atomic E-state index is 5.76. The zero-order chi connectivity index (χ0) is 13.9. The van der Waals surface area contributed by atoms with Crippen LogP contribution in [0.3, 0.4) is 0 Å². The molecule has 1 aromatic rings. The molecule has 0 unspecified atom stereocenters. The van der Waals surface area contributed by atoms with Crippen molar-refractivity contribution in [2.24, 2.45) is 4.99 Å². The lowest BCUT2D eigenvalue weighted by Gasteiger charge is -2.20. The fourth-order valence-corrected chi connectivity index (χ4v) is 2.15. The lowest BCUT2D eigenvalue weighted by molar-refractivity contribution is 0.377. The highest BCUT2D eigenvalue weighted by Crippen LogP contribution is 2.22. The molecule has 0 aromatic carbocycles. The molecule has 114 valence electrons. The van der Waals surface area contributed by atoms with E-state index in [0.717, 1.165) is 24.8 Å². The molecule has 0 radical (unpaired) electrons. The average molecular weight is 392 g/mol. The SMILES string of the molecule is CN=C(NCc1ncc(C(C)(C)C)o1)N1CCCC1.I. The highest BCUT2D eigenvalue weighted by atomic mass is 127. The van der Waals surface area contributed by atoms with Gasteiger partial charge in [0.1, 0.15) is 5.76 Å². The first-order valence-corrected chi connectivity index (χ1v) is 6.91. The van der Waals surface area contributed by atoms with Gasteiger partial charge in [-0.05, 0) is 12.8 Å². The van der Waals surface area contributed by atoms with E-state index in [2.05, 4.69) is 41.0 Å². The highest BCUT2D eigenvalue weighted by Gasteiger charge is 2.20. The summed E-state index contributed by atoms with van der Waals surface area (Å²) < 4.78 is 5.76. The molecule has 1 saturated heterocycles. The Labute approximate surface area is 138 Å². The van der Waals surface area contributed by atoms with E-state index in [0.29, 0.717) is 12.4 Å². The minimum Gasteiger partial charge on any atom is -0.443 e. The fourth-order valence-electron chi connectivity index (χ4n) is 2.15. The predicted octanol–water partition coefficient (Wildman–Crippen LogP) is 2.76. The Kier molecular flexibility index (Phi) is 6.29. The number of hydrogen-bond donors (Lipinski definition) is 1. The molecule has 0 bridgehead atoms. The normalized spacial score (nSPS) is 16.2. The van der Waals surface area contributed by atoms with Gasteiger partial charge in [-0.2, -0.15) is 0 Å². The molecule has 2 rings (SSSR count). The summed E-state index contributed by atoms with van der Waals surface area (Å²) in [6.45, 7) is 9.10. The summed E-state index contributed by atoms with van der Waals surface area (Å²) in [5.41, 5.74) is 0.00186. The van der Waals surface area contributed by atoms with Crippen LogP contribution >= 0.6 is 24.0 Å². The molecule has 1 aliphatic heterocycles. The van der Waals surface area contributed by atoms with Crippen LogP contribution in [0, 0.1) is 0 Å². The molecule has 6 heteroatoms. The lowest BCUT2D eigenvalue weighted by Crippen LogP contribution is -2.39. The van der Waals surface area contributed by atoms with E-state index in [-0.39, 0.29) is 29.4 Å². The number of rotatable bonds is 2. The summed E-state index contributed by atoms with van der Waals surface area (Å²) in [5.74, 6) is 2.57. The summed E-state index contributed by atoms with van der Waals surface area (Å²) in [4.78, 5) is 10.9. The zero-order valence-corrected chi connectivity index (χ0v) is 15.1. The van der Waals surface area contributed by atoms with Crippen molar-refractivity contribution in [1.82, 2.24) is 15.2 Å². The van der Waals surface area contributed by atoms with E-state index < -0.39 is 0 Å². The van der Waals surface area contributed by atoms with Crippen molar-refractivity contribution in [3.8, 4) is 0 Å². The summed E-state index contributed by atoms with van der Waals surface area (Å²) in [6, 6.07) is 0. The van der Waals surface area contributed by atoms with E-state index >= 15 is 0 Å². The summed E-state index contributed by atoms with van der Waals surface area (Å²) in [7, 11) is 1.82. The number of aliphatic imine (C=N–C) groups is 1. The van der Waals surface area contributed by atoms with Gasteiger partial charge in [0.2, 0.25) is 5.89 Å². The molecule has 2 heterocycles. The standard InChI is InChI=1S/C14H24N4O.HI/c1-14(2,3)11-9-16-12(19-11)10-17-13(15-4)18-7-5-6-8-18;/h9H,5-8,10H2,1-4H3,(H,15,17);1H. The first-order valence-electron chi connectivity index (χ1n) is 6.91. The van der Waals surface area contributed by atoms with Crippen molar-refractivity contribution in [1.29, 1.82) is 0 Å². The predicted molar refractivity (Wildman–Crippen MR) is 91.6 cm³/mol. The molecule has 0 aliphatic carbocycles.